The summed E-state index contributed by atoms with van der Waals surface area (Å²) >= 11 is 0. The largest absolute Gasteiger partial charge is 0.494 e. The maximum absolute atomic E-state index is 11.6. The third-order valence-corrected chi connectivity index (χ3v) is 3.37. The second-order valence-electron chi connectivity index (χ2n) is 7.13. The van der Waals surface area contributed by atoms with E-state index in [1.165, 1.54) is 0 Å². The zero-order valence-electron chi connectivity index (χ0n) is 17.2. The Bertz CT molecular complexity index is 597. The van der Waals surface area contributed by atoms with Crippen molar-refractivity contribution < 1.29 is 14.3 Å². The van der Waals surface area contributed by atoms with E-state index < -0.39 is 11.7 Å². The fourth-order valence-electron chi connectivity index (χ4n) is 2.17. The molecule has 0 bridgehead atoms. The lowest BCUT2D eigenvalue weighted by molar-refractivity contribution is 0.0527. The predicted octanol–water partition coefficient (Wildman–Crippen LogP) is 3.06. The van der Waals surface area contributed by atoms with E-state index in [1.54, 1.807) is 7.05 Å². The monoisotopic (exact) mass is 378 g/mol. The number of guanidine groups is 1. The van der Waals surface area contributed by atoms with Crippen molar-refractivity contribution in [2.24, 2.45) is 4.99 Å². The van der Waals surface area contributed by atoms with Gasteiger partial charge in [0.2, 0.25) is 0 Å². The van der Waals surface area contributed by atoms with Gasteiger partial charge in [0.15, 0.2) is 5.96 Å². The lowest BCUT2D eigenvalue weighted by atomic mass is 10.2. The minimum absolute atomic E-state index is 0.393. The second kappa shape index (κ2) is 12.0. The van der Waals surface area contributed by atoms with Gasteiger partial charge in [0.05, 0.1) is 6.61 Å². The van der Waals surface area contributed by atoms with Crippen molar-refractivity contribution in [1.82, 2.24) is 16.0 Å². The Balaban J connectivity index is 2.26. The number of nitrogens with one attached hydrogen (secondary N) is 3. The van der Waals surface area contributed by atoms with Crippen LogP contribution in [0.1, 0.15) is 46.1 Å². The number of hydrogen-bond donors (Lipinski definition) is 3. The molecule has 3 N–H and O–H groups in total. The number of ether oxygens (including phenoxy) is 2. The van der Waals surface area contributed by atoms with Gasteiger partial charge in [0.25, 0.3) is 0 Å². The maximum atomic E-state index is 11.6. The molecule has 1 aromatic carbocycles. The average Bonchev–Trinajstić information content (AvgIpc) is 2.61. The van der Waals surface area contributed by atoms with Crippen LogP contribution in [0.2, 0.25) is 0 Å². The van der Waals surface area contributed by atoms with Crippen molar-refractivity contribution in [2.45, 2.75) is 52.7 Å². The van der Waals surface area contributed by atoms with Crippen LogP contribution in [0, 0.1) is 0 Å². The molecule has 152 valence electrons. The van der Waals surface area contributed by atoms with Gasteiger partial charge in [0.1, 0.15) is 11.4 Å². The Kier molecular flexibility index (Phi) is 10.1. The van der Waals surface area contributed by atoms with Gasteiger partial charge in [0, 0.05) is 26.7 Å². The van der Waals surface area contributed by atoms with Gasteiger partial charge in [-0.15, -0.1) is 0 Å². The summed E-state index contributed by atoms with van der Waals surface area (Å²) in [7, 11) is 1.73. The summed E-state index contributed by atoms with van der Waals surface area (Å²) in [6, 6.07) is 8.02. The third kappa shape index (κ3) is 11.0. The lowest BCUT2D eigenvalue weighted by Gasteiger charge is -2.19. The molecular formula is C20H34N4O3. The van der Waals surface area contributed by atoms with Crippen LogP contribution in [-0.4, -0.2) is 44.4 Å². The van der Waals surface area contributed by atoms with Gasteiger partial charge >= 0.3 is 6.09 Å². The van der Waals surface area contributed by atoms with Crippen LogP contribution >= 0.6 is 0 Å². The fourth-order valence-corrected chi connectivity index (χ4v) is 2.17. The van der Waals surface area contributed by atoms with Crippen molar-refractivity contribution in [3.8, 4) is 5.75 Å². The number of carbonyl (C=O) groups excluding carboxylic acids is 1. The molecule has 0 aliphatic rings. The molecule has 0 saturated heterocycles. The molecule has 7 heteroatoms. The zero-order chi connectivity index (χ0) is 20.1. The Hall–Kier alpha value is -2.44. The standard InChI is InChI=1S/C20H34N4O3/c1-6-13-26-17-10-7-9-16(14-17)15-24-18(21-5)22-11-8-12-23-19(25)27-20(2,3)4/h7,9-10,14H,6,8,11-13,15H2,1-5H3,(H,23,25)(H2,21,22,24). The Morgan fingerprint density at radius 1 is 1.15 bits per heavy atom. The summed E-state index contributed by atoms with van der Waals surface area (Å²) in [5, 5.41) is 9.23. The van der Waals surface area contributed by atoms with E-state index in [1.807, 2.05) is 45.0 Å². The van der Waals surface area contributed by atoms with Crippen LogP contribution in [-0.2, 0) is 11.3 Å². The molecule has 1 aromatic rings. The van der Waals surface area contributed by atoms with Gasteiger partial charge in [-0.2, -0.15) is 0 Å². The number of carbonyl (C=O) groups is 1. The molecule has 0 spiro atoms. The van der Waals surface area contributed by atoms with E-state index in [0.717, 1.165) is 30.8 Å². The molecule has 0 aliphatic heterocycles. The van der Waals surface area contributed by atoms with Crippen LogP contribution in [0.4, 0.5) is 4.79 Å². The molecule has 0 saturated carbocycles. The lowest BCUT2D eigenvalue weighted by Crippen LogP contribution is -2.39. The van der Waals surface area contributed by atoms with Crippen molar-refractivity contribution in [3.05, 3.63) is 29.8 Å². The maximum Gasteiger partial charge on any atom is 0.407 e. The molecular weight excluding hydrogens is 344 g/mol. The first-order valence-corrected chi connectivity index (χ1v) is 9.47. The fraction of sp³-hybridized carbons (Fsp3) is 0.600. The number of hydrogen-bond acceptors (Lipinski definition) is 4. The van der Waals surface area contributed by atoms with Crippen molar-refractivity contribution in [3.63, 3.8) is 0 Å². The smallest absolute Gasteiger partial charge is 0.407 e. The molecule has 0 fully saturated rings. The highest BCUT2D eigenvalue weighted by Gasteiger charge is 2.15. The van der Waals surface area contributed by atoms with Crippen molar-refractivity contribution in [1.29, 1.82) is 0 Å². The quantitative estimate of drug-likeness (QED) is 0.349. The summed E-state index contributed by atoms with van der Waals surface area (Å²) in [6.45, 7) is 10.2. The van der Waals surface area contributed by atoms with Gasteiger partial charge in [-0.1, -0.05) is 19.1 Å². The minimum Gasteiger partial charge on any atom is -0.494 e. The van der Waals surface area contributed by atoms with E-state index >= 15 is 0 Å². The first-order chi connectivity index (χ1) is 12.8. The van der Waals surface area contributed by atoms with Crippen LogP contribution in [0.5, 0.6) is 5.75 Å². The summed E-state index contributed by atoms with van der Waals surface area (Å²) < 4.78 is 10.8. The first-order valence-electron chi connectivity index (χ1n) is 9.47. The summed E-state index contributed by atoms with van der Waals surface area (Å²) in [4.78, 5) is 15.8. The number of aliphatic imine (C=N–C) groups is 1. The number of nitrogens with zero attached hydrogens (tertiary/aromatic N) is 1. The number of rotatable bonds is 9. The minimum atomic E-state index is -0.479. The van der Waals surface area contributed by atoms with Gasteiger partial charge in [-0.25, -0.2) is 4.79 Å². The van der Waals surface area contributed by atoms with Crippen LogP contribution in [0.25, 0.3) is 0 Å². The number of benzene rings is 1. The van der Waals surface area contributed by atoms with E-state index in [4.69, 9.17) is 9.47 Å². The van der Waals surface area contributed by atoms with E-state index in [2.05, 4.69) is 27.9 Å². The summed E-state index contributed by atoms with van der Waals surface area (Å²) in [5.41, 5.74) is 0.644. The number of alkyl carbamates (subject to hydrolysis) is 1. The molecule has 1 amide bonds. The second-order valence-corrected chi connectivity index (χ2v) is 7.13. The van der Waals surface area contributed by atoms with Crippen LogP contribution in [0.3, 0.4) is 0 Å². The predicted molar refractivity (Wildman–Crippen MR) is 109 cm³/mol. The molecule has 0 aliphatic carbocycles. The molecule has 0 heterocycles. The van der Waals surface area contributed by atoms with E-state index in [0.29, 0.717) is 25.6 Å². The zero-order valence-corrected chi connectivity index (χ0v) is 17.2. The SMILES string of the molecule is CCCOc1cccc(CNC(=NC)NCCCNC(=O)OC(C)(C)C)c1. The van der Waals surface area contributed by atoms with E-state index in [9.17, 15) is 4.79 Å². The highest BCUT2D eigenvalue weighted by Crippen LogP contribution is 2.13. The van der Waals surface area contributed by atoms with Gasteiger partial charge < -0.3 is 25.4 Å². The van der Waals surface area contributed by atoms with Crippen molar-refractivity contribution >= 4 is 12.1 Å². The average molecular weight is 379 g/mol. The highest BCUT2D eigenvalue weighted by molar-refractivity contribution is 5.79. The number of amides is 1. The molecule has 0 aromatic heterocycles. The van der Waals surface area contributed by atoms with Crippen LogP contribution < -0.4 is 20.7 Å². The van der Waals surface area contributed by atoms with Gasteiger partial charge in [-0.05, 0) is 51.3 Å². The highest BCUT2D eigenvalue weighted by atomic mass is 16.6. The topological polar surface area (TPSA) is 84.0 Å². The Morgan fingerprint density at radius 3 is 2.56 bits per heavy atom. The van der Waals surface area contributed by atoms with E-state index in [-0.39, 0.29) is 0 Å². The third-order valence-electron chi connectivity index (χ3n) is 3.37. The molecule has 0 unspecified atom stereocenters. The van der Waals surface area contributed by atoms with Crippen molar-refractivity contribution in [2.75, 3.05) is 26.7 Å². The molecule has 0 radical (unpaired) electrons. The molecule has 0 atom stereocenters. The summed E-state index contributed by atoms with van der Waals surface area (Å²) in [5.74, 6) is 1.60. The Morgan fingerprint density at radius 2 is 1.89 bits per heavy atom. The summed E-state index contributed by atoms with van der Waals surface area (Å²) in [6.07, 6.45) is 1.36. The van der Waals surface area contributed by atoms with Gasteiger partial charge in [-0.3, -0.25) is 4.99 Å². The molecule has 1 rings (SSSR count). The molecule has 7 nitrogen and oxygen atoms in total. The van der Waals surface area contributed by atoms with Crippen LogP contribution in [0.15, 0.2) is 29.3 Å². The normalized spacial score (nSPS) is 11.7. The Labute approximate surface area is 162 Å². The molecule has 27 heavy (non-hydrogen) atoms. The first kappa shape index (κ1) is 22.6.